The van der Waals surface area contributed by atoms with Crippen LogP contribution in [-0.2, 0) is 0 Å². The number of anilines is 6. The Morgan fingerprint density at radius 2 is 0.578 bits per heavy atom. The standard InChI is InChI=1S/C43H38N2/c1-29-10-19-34(20-11-29)44(35-21-12-30(2)13-22-35)42-38-8-6-7-9-39(38)43(41-28-33(5)18-27-40(41)42)45(36-23-14-31(3)15-24-36)37-25-16-32(4)17-26-37/h6-28H,1-5H3. The Bertz CT molecular complexity index is 2030. The first-order valence-electron chi connectivity index (χ1n) is 15.7. The van der Waals surface area contributed by atoms with E-state index >= 15 is 0 Å². The lowest BCUT2D eigenvalue weighted by Gasteiger charge is -2.33. The van der Waals surface area contributed by atoms with E-state index in [0.29, 0.717) is 0 Å². The number of rotatable bonds is 6. The van der Waals surface area contributed by atoms with Gasteiger partial charge in [-0.15, -0.1) is 0 Å². The van der Waals surface area contributed by atoms with Gasteiger partial charge in [0.2, 0.25) is 0 Å². The molecule has 0 saturated carbocycles. The van der Waals surface area contributed by atoms with Crippen LogP contribution in [0.25, 0.3) is 21.5 Å². The first-order valence-corrected chi connectivity index (χ1v) is 15.7. The Kier molecular flexibility index (Phi) is 7.35. The average Bonchev–Trinajstić information content (AvgIpc) is 3.05. The Labute approximate surface area is 266 Å². The van der Waals surface area contributed by atoms with Crippen LogP contribution in [0.3, 0.4) is 0 Å². The smallest absolute Gasteiger partial charge is 0.0620 e. The van der Waals surface area contributed by atoms with Gasteiger partial charge in [0.05, 0.1) is 11.4 Å². The monoisotopic (exact) mass is 582 g/mol. The van der Waals surface area contributed by atoms with E-state index in [1.54, 1.807) is 0 Å². The molecule has 7 rings (SSSR count). The maximum Gasteiger partial charge on any atom is 0.0620 e. The predicted molar refractivity (Wildman–Crippen MR) is 195 cm³/mol. The van der Waals surface area contributed by atoms with E-state index in [1.165, 1.54) is 60.7 Å². The Hall–Kier alpha value is -5.34. The molecule has 0 saturated heterocycles. The van der Waals surface area contributed by atoms with Crippen LogP contribution >= 0.6 is 0 Å². The molecule has 45 heavy (non-hydrogen) atoms. The molecule has 0 aromatic heterocycles. The minimum atomic E-state index is 1.14. The molecular weight excluding hydrogens is 544 g/mol. The Balaban J connectivity index is 1.62. The molecule has 220 valence electrons. The summed E-state index contributed by atoms with van der Waals surface area (Å²) in [6.45, 7) is 10.8. The van der Waals surface area contributed by atoms with Crippen LogP contribution < -0.4 is 9.80 Å². The highest BCUT2D eigenvalue weighted by molar-refractivity contribution is 6.23. The van der Waals surface area contributed by atoms with Crippen molar-refractivity contribution >= 4 is 55.7 Å². The molecule has 0 N–H and O–H groups in total. The van der Waals surface area contributed by atoms with Gasteiger partial charge in [0.25, 0.3) is 0 Å². The first-order chi connectivity index (χ1) is 21.9. The summed E-state index contributed by atoms with van der Waals surface area (Å²) >= 11 is 0. The molecule has 0 spiro atoms. The second-order valence-electron chi connectivity index (χ2n) is 12.3. The van der Waals surface area contributed by atoms with E-state index < -0.39 is 0 Å². The van der Waals surface area contributed by atoms with Crippen molar-refractivity contribution in [2.75, 3.05) is 9.80 Å². The van der Waals surface area contributed by atoms with Gasteiger partial charge in [-0.3, -0.25) is 0 Å². The lowest BCUT2D eigenvalue weighted by Crippen LogP contribution is -2.14. The molecule has 0 aliphatic heterocycles. The van der Waals surface area contributed by atoms with Crippen LogP contribution in [0.2, 0.25) is 0 Å². The van der Waals surface area contributed by atoms with Crippen LogP contribution in [0.4, 0.5) is 34.1 Å². The molecule has 7 aromatic carbocycles. The lowest BCUT2D eigenvalue weighted by molar-refractivity contribution is 1.28. The van der Waals surface area contributed by atoms with Crippen LogP contribution in [-0.4, -0.2) is 0 Å². The fraction of sp³-hybridized carbons (Fsp3) is 0.116. The number of benzene rings is 7. The number of hydrogen-bond donors (Lipinski definition) is 0. The molecule has 7 aromatic rings. The molecule has 0 unspecified atom stereocenters. The van der Waals surface area contributed by atoms with Crippen molar-refractivity contribution in [1.82, 2.24) is 0 Å². The van der Waals surface area contributed by atoms with Gasteiger partial charge in [0, 0.05) is 44.3 Å². The third-order valence-electron chi connectivity index (χ3n) is 8.74. The van der Waals surface area contributed by atoms with Gasteiger partial charge in [-0.25, -0.2) is 0 Å². The molecule has 0 aliphatic carbocycles. The summed E-state index contributed by atoms with van der Waals surface area (Å²) in [5, 5.41) is 4.83. The highest BCUT2D eigenvalue weighted by atomic mass is 15.2. The van der Waals surface area contributed by atoms with Crippen LogP contribution in [0.1, 0.15) is 27.8 Å². The zero-order valence-electron chi connectivity index (χ0n) is 26.7. The maximum absolute atomic E-state index is 2.44. The van der Waals surface area contributed by atoms with Crippen molar-refractivity contribution in [3.63, 3.8) is 0 Å². The van der Waals surface area contributed by atoms with Crippen molar-refractivity contribution in [2.24, 2.45) is 0 Å². The highest BCUT2D eigenvalue weighted by Gasteiger charge is 2.25. The molecule has 0 radical (unpaired) electrons. The van der Waals surface area contributed by atoms with E-state index in [2.05, 4.69) is 184 Å². The number of aryl methyl sites for hydroxylation is 5. The molecule has 0 amide bonds. The van der Waals surface area contributed by atoms with Crippen molar-refractivity contribution in [3.8, 4) is 0 Å². The number of fused-ring (bicyclic) bond motifs is 2. The first kappa shape index (κ1) is 28.4. The largest absolute Gasteiger partial charge is 0.309 e. The quantitative estimate of drug-likeness (QED) is 0.142. The van der Waals surface area contributed by atoms with Crippen molar-refractivity contribution in [3.05, 3.63) is 167 Å². The average molecular weight is 583 g/mol. The Morgan fingerprint density at radius 1 is 0.289 bits per heavy atom. The van der Waals surface area contributed by atoms with Crippen LogP contribution in [0, 0.1) is 34.6 Å². The normalized spacial score (nSPS) is 11.2. The highest BCUT2D eigenvalue weighted by Crippen LogP contribution is 2.51. The Morgan fingerprint density at radius 3 is 0.933 bits per heavy atom. The zero-order chi connectivity index (χ0) is 31.1. The molecule has 0 bridgehead atoms. The van der Waals surface area contributed by atoms with Gasteiger partial charge < -0.3 is 9.80 Å². The van der Waals surface area contributed by atoms with Crippen LogP contribution in [0.15, 0.2) is 140 Å². The summed E-state index contributed by atoms with van der Waals surface area (Å²) < 4.78 is 0. The van der Waals surface area contributed by atoms with Gasteiger partial charge in [-0.1, -0.05) is 113 Å². The number of hydrogen-bond acceptors (Lipinski definition) is 2. The summed E-state index contributed by atoms with van der Waals surface area (Å²) in [6.07, 6.45) is 0. The fourth-order valence-electron chi connectivity index (χ4n) is 6.32. The summed E-state index contributed by atoms with van der Waals surface area (Å²) in [6, 6.07) is 51.4. The van der Waals surface area contributed by atoms with E-state index in [4.69, 9.17) is 0 Å². The van der Waals surface area contributed by atoms with Crippen molar-refractivity contribution < 1.29 is 0 Å². The van der Waals surface area contributed by atoms with Crippen LogP contribution in [0.5, 0.6) is 0 Å². The summed E-state index contributed by atoms with van der Waals surface area (Å²) in [5.41, 5.74) is 13.1. The van der Waals surface area contributed by atoms with E-state index in [0.717, 1.165) is 22.7 Å². The fourth-order valence-corrected chi connectivity index (χ4v) is 6.32. The van der Waals surface area contributed by atoms with Gasteiger partial charge >= 0.3 is 0 Å². The molecule has 0 aliphatic rings. The van der Waals surface area contributed by atoms with Crippen molar-refractivity contribution in [2.45, 2.75) is 34.6 Å². The summed E-state index contributed by atoms with van der Waals surface area (Å²) in [4.78, 5) is 4.87. The van der Waals surface area contributed by atoms with E-state index in [-0.39, 0.29) is 0 Å². The lowest BCUT2D eigenvalue weighted by atomic mass is 9.94. The van der Waals surface area contributed by atoms with Gasteiger partial charge in [0.15, 0.2) is 0 Å². The third-order valence-corrected chi connectivity index (χ3v) is 8.74. The van der Waals surface area contributed by atoms with Crippen molar-refractivity contribution in [1.29, 1.82) is 0 Å². The molecule has 2 heteroatoms. The summed E-state index contributed by atoms with van der Waals surface area (Å²) in [5.74, 6) is 0. The second kappa shape index (κ2) is 11.6. The van der Waals surface area contributed by atoms with E-state index in [9.17, 15) is 0 Å². The molecular formula is C43H38N2. The molecule has 0 atom stereocenters. The topological polar surface area (TPSA) is 6.48 Å². The minimum absolute atomic E-state index is 1.14. The maximum atomic E-state index is 2.44. The molecule has 0 fully saturated rings. The van der Waals surface area contributed by atoms with Gasteiger partial charge in [0.1, 0.15) is 0 Å². The molecule has 2 nitrogen and oxygen atoms in total. The minimum Gasteiger partial charge on any atom is -0.309 e. The zero-order valence-corrected chi connectivity index (χ0v) is 26.7. The number of nitrogens with zero attached hydrogens (tertiary/aromatic N) is 2. The third kappa shape index (κ3) is 5.34. The predicted octanol–water partition coefficient (Wildman–Crippen LogP) is 12.5. The van der Waals surface area contributed by atoms with Gasteiger partial charge in [-0.05, 0) is 89.2 Å². The molecule has 0 heterocycles. The van der Waals surface area contributed by atoms with Gasteiger partial charge in [-0.2, -0.15) is 0 Å². The summed E-state index contributed by atoms with van der Waals surface area (Å²) in [7, 11) is 0. The SMILES string of the molecule is Cc1ccc(N(c2ccc(C)cc2)c2c3ccccc3c(N(c3ccc(C)cc3)c3ccc(C)cc3)c3cc(C)ccc23)cc1. The second-order valence-corrected chi connectivity index (χ2v) is 12.3. The van der Waals surface area contributed by atoms with E-state index in [1.807, 2.05) is 0 Å².